The van der Waals surface area contributed by atoms with Crippen LogP contribution in [0.4, 0.5) is 28.7 Å². The van der Waals surface area contributed by atoms with Crippen molar-refractivity contribution in [3.8, 4) is 17.2 Å². The third-order valence-electron chi connectivity index (χ3n) is 9.40. The van der Waals surface area contributed by atoms with Crippen LogP contribution in [0.1, 0.15) is 16.8 Å². The van der Waals surface area contributed by atoms with Gasteiger partial charge < -0.3 is 19.9 Å². The van der Waals surface area contributed by atoms with Gasteiger partial charge in [-0.1, -0.05) is 54.1 Å². The first-order valence-corrected chi connectivity index (χ1v) is 23.1. The minimum Gasteiger partial charge on any atom is -0.497 e. The number of aryl methyl sites for hydroxylation is 1. The number of nitrogen functional groups attached to an aromatic ring is 1. The maximum absolute atomic E-state index is 13.1. The number of ether oxygens (including phenoxy) is 3. The van der Waals surface area contributed by atoms with E-state index in [1.165, 1.54) is 36.4 Å². The number of nitrogens with two attached hydrogens (primary N) is 1. The van der Waals surface area contributed by atoms with Crippen molar-refractivity contribution in [3.63, 3.8) is 0 Å². The van der Waals surface area contributed by atoms with Crippen molar-refractivity contribution in [3.05, 3.63) is 176 Å². The standard InChI is InChI=1S/C23H20N4O5S.C14H9ClN4O4S.C8H11NO2/c1-15-10-16(12-18(11-15)32-2)13-22-23(25-21-9-4-3-8-20(21)24-22)26-33(30,31)19-7-5-6-17(14-19)27(28)29;15-13-14(17-12-7-2-1-6-11(12)16-13)18-24(22,23)10-5-3-4-9(8-10)19(20)21;1-10-7-3-6(9)4-8(5-7)11-2/h3-12,14H,13H2,1-2H3,(H,25,26);1-8H,(H,17,18);3-5H,9H2,1-2H3. The number of nitro benzene ring substituents is 2. The number of fused-ring (bicyclic) bond motifs is 2. The highest BCUT2D eigenvalue weighted by molar-refractivity contribution is 7.93. The molecule has 2 heterocycles. The Labute approximate surface area is 394 Å². The van der Waals surface area contributed by atoms with E-state index in [1.54, 1.807) is 82.0 Å². The lowest BCUT2D eigenvalue weighted by atomic mass is 10.1. The minimum absolute atomic E-state index is 0.0562. The monoisotopic (exact) mass is 981 g/mol. The zero-order valence-corrected chi connectivity index (χ0v) is 38.7. The molecule has 4 N–H and O–H groups in total. The number of hydrogen-bond acceptors (Lipinski definition) is 16. The fourth-order valence-corrected chi connectivity index (χ4v) is 8.61. The fraction of sp³-hybridized carbons (Fsp3) is 0.111. The predicted octanol–water partition coefficient (Wildman–Crippen LogP) is 8.52. The number of anilines is 3. The van der Waals surface area contributed by atoms with Crippen molar-refractivity contribution in [1.29, 1.82) is 0 Å². The number of sulfonamides is 2. The van der Waals surface area contributed by atoms with Crippen LogP contribution in [0.3, 0.4) is 0 Å². The highest BCUT2D eigenvalue weighted by atomic mass is 35.5. The molecule has 20 nitrogen and oxygen atoms in total. The van der Waals surface area contributed by atoms with Crippen LogP contribution in [-0.2, 0) is 26.5 Å². The van der Waals surface area contributed by atoms with Crippen molar-refractivity contribution in [2.24, 2.45) is 0 Å². The molecule has 0 aliphatic heterocycles. The molecule has 0 radical (unpaired) electrons. The van der Waals surface area contributed by atoms with Crippen LogP contribution in [0.5, 0.6) is 17.2 Å². The van der Waals surface area contributed by atoms with Gasteiger partial charge >= 0.3 is 0 Å². The van der Waals surface area contributed by atoms with E-state index in [-0.39, 0.29) is 38.0 Å². The Kier molecular flexibility index (Phi) is 15.5. The lowest BCUT2D eigenvalue weighted by Gasteiger charge is -2.13. The van der Waals surface area contributed by atoms with Gasteiger partial charge in [0.1, 0.15) is 17.2 Å². The van der Waals surface area contributed by atoms with E-state index in [0.717, 1.165) is 23.3 Å². The number of aromatic nitrogens is 4. The largest absolute Gasteiger partial charge is 0.497 e. The van der Waals surface area contributed by atoms with Crippen LogP contribution >= 0.6 is 11.6 Å². The molecule has 6 aromatic carbocycles. The van der Waals surface area contributed by atoms with E-state index in [9.17, 15) is 37.1 Å². The average molecular weight is 982 g/mol. The van der Waals surface area contributed by atoms with E-state index < -0.39 is 29.9 Å². The van der Waals surface area contributed by atoms with Crippen LogP contribution in [0.2, 0.25) is 5.15 Å². The first-order valence-electron chi connectivity index (χ1n) is 19.7. The molecule has 0 aliphatic carbocycles. The summed E-state index contributed by atoms with van der Waals surface area (Å²) < 4.78 is 70.9. The molecule has 0 aliphatic rings. The Morgan fingerprint density at radius 2 is 1.01 bits per heavy atom. The molecule has 0 bridgehead atoms. The molecule has 0 fully saturated rings. The summed E-state index contributed by atoms with van der Waals surface area (Å²) in [5.41, 5.74) is 9.89. The smallest absolute Gasteiger partial charge is 0.270 e. The van der Waals surface area contributed by atoms with Crippen LogP contribution < -0.4 is 29.4 Å². The molecule has 0 saturated carbocycles. The van der Waals surface area contributed by atoms with E-state index in [2.05, 4.69) is 29.4 Å². The van der Waals surface area contributed by atoms with Crippen molar-refractivity contribution in [2.45, 2.75) is 23.1 Å². The summed E-state index contributed by atoms with van der Waals surface area (Å²) in [6, 6.07) is 34.4. The van der Waals surface area contributed by atoms with Gasteiger partial charge in [-0.3, -0.25) is 29.7 Å². The number of rotatable bonds is 13. The maximum Gasteiger partial charge on any atom is 0.270 e. The molecular formula is C45H40ClN9O11S2. The summed E-state index contributed by atoms with van der Waals surface area (Å²) in [4.78, 5) is 37.3. The second-order valence-electron chi connectivity index (χ2n) is 14.3. The Morgan fingerprint density at radius 1 is 0.574 bits per heavy atom. The molecule has 23 heteroatoms. The first-order chi connectivity index (χ1) is 32.4. The normalized spacial score (nSPS) is 11.0. The highest BCUT2D eigenvalue weighted by Gasteiger charge is 2.23. The maximum atomic E-state index is 13.1. The average Bonchev–Trinajstić information content (AvgIpc) is 3.31. The van der Waals surface area contributed by atoms with Gasteiger partial charge in [0.05, 0.1) is 68.7 Å². The Bertz CT molecular complexity index is 3380. The van der Waals surface area contributed by atoms with Gasteiger partial charge in [-0.25, -0.2) is 36.8 Å². The number of benzene rings is 6. The lowest BCUT2D eigenvalue weighted by molar-refractivity contribution is -0.385. The van der Waals surface area contributed by atoms with Gasteiger partial charge in [0.2, 0.25) is 0 Å². The predicted molar refractivity (Wildman–Crippen MR) is 256 cm³/mol. The summed E-state index contributed by atoms with van der Waals surface area (Å²) >= 11 is 5.97. The zero-order chi connectivity index (χ0) is 49.2. The molecule has 8 aromatic rings. The third kappa shape index (κ3) is 12.6. The van der Waals surface area contributed by atoms with Gasteiger partial charge in [0, 0.05) is 54.6 Å². The van der Waals surface area contributed by atoms with Crippen LogP contribution in [0.15, 0.2) is 143 Å². The summed E-state index contributed by atoms with van der Waals surface area (Å²) in [5, 5.41) is 21.7. The van der Waals surface area contributed by atoms with Gasteiger partial charge in [0.25, 0.3) is 31.4 Å². The van der Waals surface area contributed by atoms with Crippen LogP contribution in [0.25, 0.3) is 22.1 Å². The molecule has 0 saturated heterocycles. The molecule has 350 valence electrons. The molecular weight excluding hydrogens is 942 g/mol. The number of nitro groups is 2. The second-order valence-corrected chi connectivity index (χ2v) is 18.0. The summed E-state index contributed by atoms with van der Waals surface area (Å²) in [7, 11) is -3.50. The van der Waals surface area contributed by atoms with E-state index >= 15 is 0 Å². The molecule has 0 spiro atoms. The highest BCUT2D eigenvalue weighted by Crippen LogP contribution is 2.28. The topological polar surface area (TPSA) is 284 Å². The van der Waals surface area contributed by atoms with Gasteiger partial charge in [-0.2, -0.15) is 0 Å². The Hall–Kier alpha value is -8.21. The summed E-state index contributed by atoms with van der Waals surface area (Å²) in [6.45, 7) is 1.93. The van der Waals surface area contributed by atoms with Gasteiger partial charge in [-0.15, -0.1) is 0 Å². The van der Waals surface area contributed by atoms with Crippen molar-refractivity contribution < 1.29 is 40.9 Å². The Balaban J connectivity index is 0.000000189. The number of methoxy groups -OCH3 is 3. The van der Waals surface area contributed by atoms with Crippen molar-refractivity contribution in [2.75, 3.05) is 36.5 Å². The fourth-order valence-electron chi connectivity index (χ4n) is 6.25. The first kappa shape index (κ1) is 49.2. The van der Waals surface area contributed by atoms with Crippen LogP contribution in [0, 0.1) is 27.2 Å². The summed E-state index contributed by atoms with van der Waals surface area (Å²) in [5.74, 6) is 2.00. The lowest BCUT2D eigenvalue weighted by Crippen LogP contribution is -2.16. The van der Waals surface area contributed by atoms with Gasteiger partial charge in [-0.05, 0) is 66.6 Å². The minimum atomic E-state index is -4.16. The zero-order valence-electron chi connectivity index (χ0n) is 36.4. The van der Waals surface area contributed by atoms with E-state index in [4.69, 9.17) is 31.5 Å². The molecule has 8 rings (SSSR count). The van der Waals surface area contributed by atoms with Crippen molar-refractivity contribution in [1.82, 2.24) is 19.9 Å². The third-order valence-corrected chi connectivity index (χ3v) is 12.3. The number of non-ortho nitro benzene ring substituents is 2. The molecule has 2 aromatic heterocycles. The summed E-state index contributed by atoms with van der Waals surface area (Å²) in [6.07, 6.45) is 0.294. The number of hydrogen-bond donors (Lipinski definition) is 3. The molecule has 0 atom stereocenters. The SMILES string of the molecule is COc1cc(C)cc(Cc2nc3ccccc3nc2NS(=O)(=O)c2cccc([N+](=O)[O-])c2)c1.COc1cc(N)cc(OC)c1.O=[N+]([O-])c1cccc(S(=O)(=O)Nc2nc3ccccc3nc2Cl)c1. The van der Waals surface area contributed by atoms with Gasteiger partial charge in [0.15, 0.2) is 16.8 Å². The number of nitrogens with one attached hydrogen (secondary N) is 2. The van der Waals surface area contributed by atoms with E-state index in [0.29, 0.717) is 57.1 Å². The molecule has 0 amide bonds. The second kappa shape index (κ2) is 21.4. The molecule has 0 unspecified atom stereocenters. The van der Waals surface area contributed by atoms with Crippen LogP contribution in [-0.4, -0.2) is 67.9 Å². The molecule has 68 heavy (non-hydrogen) atoms. The van der Waals surface area contributed by atoms with E-state index in [1.807, 2.05) is 31.2 Å². The number of halogens is 1. The quantitative estimate of drug-likeness (QED) is 0.0554. The Morgan fingerprint density at radius 3 is 1.50 bits per heavy atom. The number of nitrogens with zero attached hydrogens (tertiary/aromatic N) is 6. The number of para-hydroxylation sites is 4. The van der Waals surface area contributed by atoms with Crippen molar-refractivity contribution >= 4 is 82.4 Å².